The van der Waals surface area contributed by atoms with Gasteiger partial charge >= 0.3 is 0 Å². The monoisotopic (exact) mass is 360 g/mol. The molecule has 0 amide bonds. The lowest BCUT2D eigenvalue weighted by Crippen LogP contribution is -2.57. The summed E-state index contributed by atoms with van der Waals surface area (Å²) in [4.78, 5) is 24.4. The van der Waals surface area contributed by atoms with Gasteiger partial charge in [-0.15, -0.1) is 0 Å². The number of aliphatic hydroxyl groups is 1. The summed E-state index contributed by atoms with van der Waals surface area (Å²) in [5.74, 6) is 1.74. The number of hydrogen-bond acceptors (Lipinski definition) is 3. The first-order valence-corrected chi connectivity index (χ1v) is 10.6. The molecule has 3 aliphatic rings. The number of Topliss-reactive ketones (excluding diaryl/α,β-unsaturated/α-hetero) is 1. The Kier molecular flexibility index (Phi) is 5.01. The van der Waals surface area contributed by atoms with E-state index in [1.807, 2.05) is 13.0 Å². The summed E-state index contributed by atoms with van der Waals surface area (Å²) in [6, 6.07) is 0. The highest BCUT2D eigenvalue weighted by molar-refractivity contribution is 5.91. The molecule has 0 heterocycles. The van der Waals surface area contributed by atoms with Crippen molar-refractivity contribution in [2.24, 2.45) is 28.6 Å². The third-order valence-electron chi connectivity index (χ3n) is 8.35. The largest absolute Gasteiger partial charge is 0.382 e. The lowest BCUT2D eigenvalue weighted by atomic mass is 9.46. The third kappa shape index (κ3) is 2.82. The smallest absolute Gasteiger partial charge is 0.161 e. The molecule has 0 aromatic heterocycles. The van der Waals surface area contributed by atoms with Crippen LogP contribution in [0.4, 0.5) is 0 Å². The van der Waals surface area contributed by atoms with Crippen LogP contribution in [-0.4, -0.2) is 22.3 Å². The number of rotatable bonds is 4. The van der Waals surface area contributed by atoms with E-state index in [0.29, 0.717) is 30.6 Å². The molecular formula is C23H36O3. The van der Waals surface area contributed by atoms with Crippen molar-refractivity contribution in [1.82, 2.24) is 0 Å². The SMILES string of the molecule is CCCC(O)(C(C)=O)C1(C)CCC2C(CC(C)C3=CC(=O)CCC32C)C1. The average molecular weight is 361 g/mol. The topological polar surface area (TPSA) is 54.4 Å². The highest BCUT2D eigenvalue weighted by Gasteiger charge is 2.58. The molecule has 3 heteroatoms. The van der Waals surface area contributed by atoms with E-state index >= 15 is 0 Å². The molecule has 2 saturated carbocycles. The van der Waals surface area contributed by atoms with Gasteiger partial charge in [0, 0.05) is 11.8 Å². The molecule has 3 rings (SSSR count). The Bertz CT molecular complexity index is 635. The molecule has 6 unspecified atom stereocenters. The van der Waals surface area contributed by atoms with Crippen LogP contribution >= 0.6 is 0 Å². The van der Waals surface area contributed by atoms with E-state index in [2.05, 4.69) is 20.8 Å². The van der Waals surface area contributed by atoms with Gasteiger partial charge in [-0.05, 0) is 74.7 Å². The summed E-state index contributed by atoms with van der Waals surface area (Å²) in [7, 11) is 0. The summed E-state index contributed by atoms with van der Waals surface area (Å²) in [6.45, 7) is 10.4. The molecule has 0 spiro atoms. The van der Waals surface area contributed by atoms with E-state index in [1.165, 1.54) is 5.57 Å². The first-order valence-electron chi connectivity index (χ1n) is 10.6. The van der Waals surface area contributed by atoms with Crippen LogP contribution in [-0.2, 0) is 9.59 Å². The molecule has 146 valence electrons. The van der Waals surface area contributed by atoms with Crippen LogP contribution in [0.1, 0.15) is 86.0 Å². The van der Waals surface area contributed by atoms with E-state index in [0.717, 1.165) is 38.5 Å². The second-order valence-corrected chi connectivity index (χ2v) is 9.96. The molecule has 2 fully saturated rings. The molecule has 26 heavy (non-hydrogen) atoms. The predicted molar refractivity (Wildman–Crippen MR) is 104 cm³/mol. The Labute approximate surface area is 158 Å². The first kappa shape index (κ1) is 19.8. The van der Waals surface area contributed by atoms with E-state index in [9.17, 15) is 14.7 Å². The van der Waals surface area contributed by atoms with E-state index in [-0.39, 0.29) is 22.4 Å². The second-order valence-electron chi connectivity index (χ2n) is 9.96. The average Bonchev–Trinajstić information content (AvgIpc) is 2.56. The van der Waals surface area contributed by atoms with Crippen LogP contribution < -0.4 is 0 Å². The number of ketones is 2. The van der Waals surface area contributed by atoms with Crippen LogP contribution in [0.25, 0.3) is 0 Å². The Balaban J connectivity index is 1.92. The van der Waals surface area contributed by atoms with Crippen LogP contribution in [0.15, 0.2) is 11.6 Å². The zero-order chi connectivity index (χ0) is 19.3. The van der Waals surface area contributed by atoms with Crippen LogP contribution in [0.5, 0.6) is 0 Å². The van der Waals surface area contributed by atoms with Crippen molar-refractivity contribution in [3.05, 3.63) is 11.6 Å². The van der Waals surface area contributed by atoms with Crippen LogP contribution in [0.3, 0.4) is 0 Å². The van der Waals surface area contributed by atoms with Gasteiger partial charge in [-0.2, -0.15) is 0 Å². The minimum atomic E-state index is -1.20. The fourth-order valence-electron chi connectivity index (χ4n) is 6.88. The molecule has 6 atom stereocenters. The lowest BCUT2D eigenvalue weighted by Gasteiger charge is -2.59. The normalized spacial score (nSPS) is 42.3. The van der Waals surface area contributed by atoms with Crippen molar-refractivity contribution < 1.29 is 14.7 Å². The van der Waals surface area contributed by atoms with Crippen LogP contribution in [0.2, 0.25) is 0 Å². The van der Waals surface area contributed by atoms with E-state index in [1.54, 1.807) is 6.92 Å². The lowest BCUT2D eigenvalue weighted by molar-refractivity contribution is -0.164. The summed E-state index contributed by atoms with van der Waals surface area (Å²) in [5, 5.41) is 11.4. The number of fused-ring (bicyclic) bond motifs is 3. The van der Waals surface area contributed by atoms with Crippen molar-refractivity contribution in [1.29, 1.82) is 0 Å². The molecule has 0 saturated heterocycles. The second kappa shape index (κ2) is 6.58. The van der Waals surface area contributed by atoms with Gasteiger partial charge in [0.2, 0.25) is 0 Å². The summed E-state index contributed by atoms with van der Waals surface area (Å²) >= 11 is 0. The van der Waals surface area contributed by atoms with Gasteiger partial charge in [-0.1, -0.05) is 39.7 Å². The van der Waals surface area contributed by atoms with Gasteiger partial charge in [0.05, 0.1) is 0 Å². The first-order chi connectivity index (χ1) is 12.1. The maximum atomic E-state index is 12.4. The zero-order valence-corrected chi connectivity index (χ0v) is 17.2. The fourth-order valence-corrected chi connectivity index (χ4v) is 6.88. The Hall–Kier alpha value is -0.960. The van der Waals surface area contributed by atoms with Gasteiger partial charge in [0.15, 0.2) is 11.6 Å². The maximum Gasteiger partial charge on any atom is 0.161 e. The predicted octanol–water partition coefficient (Wildman–Crippen LogP) is 4.86. The number of carbonyl (C=O) groups is 2. The molecule has 3 nitrogen and oxygen atoms in total. The standard InChI is InChI=1S/C23H36O3/c1-6-9-23(26,16(3)24)21(4)10-8-19-17(14-21)12-15(2)20-13-18(25)7-11-22(19,20)5/h13,15,17,19,26H,6-12,14H2,1-5H3. The number of hydrogen-bond donors (Lipinski definition) is 1. The van der Waals surface area contributed by atoms with Crippen molar-refractivity contribution in [2.45, 2.75) is 91.6 Å². The molecule has 0 aromatic carbocycles. The quantitative estimate of drug-likeness (QED) is 0.778. The van der Waals surface area contributed by atoms with Gasteiger partial charge < -0.3 is 5.11 Å². The van der Waals surface area contributed by atoms with Gasteiger partial charge in [-0.3, -0.25) is 9.59 Å². The van der Waals surface area contributed by atoms with Gasteiger partial charge in [0.25, 0.3) is 0 Å². The van der Waals surface area contributed by atoms with Crippen molar-refractivity contribution >= 4 is 11.6 Å². The number of allylic oxidation sites excluding steroid dienone is 2. The zero-order valence-electron chi connectivity index (χ0n) is 17.2. The Morgan fingerprint density at radius 2 is 2.04 bits per heavy atom. The van der Waals surface area contributed by atoms with Gasteiger partial charge in [-0.25, -0.2) is 0 Å². The minimum absolute atomic E-state index is 0.0702. The minimum Gasteiger partial charge on any atom is -0.382 e. The summed E-state index contributed by atoms with van der Waals surface area (Å²) in [5.41, 5.74) is -0.0433. The van der Waals surface area contributed by atoms with E-state index < -0.39 is 5.60 Å². The van der Waals surface area contributed by atoms with Crippen LogP contribution in [0, 0.1) is 28.6 Å². The maximum absolute atomic E-state index is 12.4. The molecule has 0 bridgehead atoms. The van der Waals surface area contributed by atoms with Crippen molar-refractivity contribution in [2.75, 3.05) is 0 Å². The van der Waals surface area contributed by atoms with Crippen molar-refractivity contribution in [3.63, 3.8) is 0 Å². The van der Waals surface area contributed by atoms with E-state index in [4.69, 9.17) is 0 Å². The molecule has 1 N–H and O–H groups in total. The Morgan fingerprint density at radius 3 is 2.65 bits per heavy atom. The highest BCUT2D eigenvalue weighted by Crippen LogP contribution is 2.63. The fraction of sp³-hybridized carbons (Fsp3) is 0.826. The molecule has 0 aromatic rings. The third-order valence-corrected chi connectivity index (χ3v) is 8.35. The number of carbonyl (C=O) groups excluding carboxylic acids is 2. The van der Waals surface area contributed by atoms with Gasteiger partial charge in [0.1, 0.15) is 5.60 Å². The molecule has 3 aliphatic carbocycles. The molecule has 0 radical (unpaired) electrons. The Morgan fingerprint density at radius 1 is 1.35 bits per heavy atom. The van der Waals surface area contributed by atoms with Crippen molar-refractivity contribution in [3.8, 4) is 0 Å². The summed E-state index contributed by atoms with van der Waals surface area (Å²) < 4.78 is 0. The summed E-state index contributed by atoms with van der Waals surface area (Å²) in [6.07, 6.45) is 8.91. The molecular weight excluding hydrogens is 324 g/mol. The highest BCUT2D eigenvalue weighted by atomic mass is 16.3. The molecule has 0 aliphatic heterocycles.